The molecule has 0 spiro atoms. The van der Waals surface area contributed by atoms with Crippen LogP contribution in [0.4, 0.5) is 0 Å². The number of piperidine rings is 2. The molecule has 2 N–H and O–H groups in total. The third-order valence-corrected chi connectivity index (χ3v) is 9.58. The van der Waals surface area contributed by atoms with Gasteiger partial charge in [-0.25, -0.2) is 0 Å². The van der Waals surface area contributed by atoms with E-state index in [9.17, 15) is 20.0 Å². The van der Waals surface area contributed by atoms with E-state index in [1.165, 1.54) is 0 Å². The quantitative estimate of drug-likeness (QED) is 0.404. The molecule has 2 heterocycles. The van der Waals surface area contributed by atoms with Gasteiger partial charge < -0.3 is 30.3 Å². The minimum absolute atomic E-state index is 0.145. The zero-order valence-corrected chi connectivity index (χ0v) is 24.2. The maximum Gasteiger partial charge on any atom is 0.279 e. The number of hydrogen-bond donors (Lipinski definition) is 2. The molecule has 2 saturated carbocycles. The Kier molecular flexibility index (Phi) is 8.09. The number of nitrogens with one attached hydrogen (secondary N) is 2. The Bertz CT molecular complexity index is 784. The van der Waals surface area contributed by atoms with Crippen molar-refractivity contribution in [2.24, 2.45) is 23.7 Å². The molecule has 2 saturated heterocycles. The standard InChI is InChI=1S/C29H52N4O4/c1-28(2,3)30-26(34)24-16-20-10-7-12-22(20)18-32(24,36)14-9-15-33(37)19-23-13-8-11-21(23)17-25(33)27(35)31-29(4,5)6/h20-25H,7-19H2,1-6H3,(H,30,34)(H,31,35)/t20-,21-,22+,23+,24-,25-,32?,33?/m0/s1. The molecule has 4 rings (SSSR count). The van der Waals surface area contributed by atoms with Crippen molar-refractivity contribution in [3.8, 4) is 0 Å². The second-order valence-corrected chi connectivity index (χ2v) is 15.0. The highest BCUT2D eigenvalue weighted by atomic mass is 16.6. The summed E-state index contributed by atoms with van der Waals surface area (Å²) in [5, 5.41) is 34.8. The number of nitrogens with zero attached hydrogens (tertiary/aromatic N) is 2. The third kappa shape index (κ3) is 6.68. The highest BCUT2D eigenvalue weighted by Crippen LogP contribution is 2.45. The van der Waals surface area contributed by atoms with Crippen LogP contribution < -0.4 is 10.6 Å². The van der Waals surface area contributed by atoms with Crippen LogP contribution in [-0.2, 0) is 9.59 Å². The first-order valence-corrected chi connectivity index (χ1v) is 14.9. The molecular weight excluding hydrogens is 468 g/mol. The molecular formula is C29H52N4O4. The molecule has 0 aromatic carbocycles. The van der Waals surface area contributed by atoms with Crippen LogP contribution in [0.1, 0.15) is 99.3 Å². The van der Waals surface area contributed by atoms with Gasteiger partial charge >= 0.3 is 0 Å². The summed E-state index contributed by atoms with van der Waals surface area (Å²) in [6.07, 6.45) is 8.37. The molecule has 0 aromatic heterocycles. The summed E-state index contributed by atoms with van der Waals surface area (Å²) in [6, 6.07) is -1.22. The van der Waals surface area contributed by atoms with Gasteiger partial charge in [0.1, 0.15) is 0 Å². The van der Waals surface area contributed by atoms with Crippen molar-refractivity contribution in [3.05, 3.63) is 10.4 Å². The molecule has 0 radical (unpaired) electrons. The number of amides is 2. The molecule has 4 aliphatic rings. The normalized spacial score (nSPS) is 40.1. The first-order chi connectivity index (χ1) is 17.1. The van der Waals surface area contributed by atoms with Crippen LogP contribution in [0.5, 0.6) is 0 Å². The SMILES string of the molecule is CC(C)(C)NC(=O)[C@@H]1C[C@@H]2CCC[C@@H]2C[N+]1([O-])CCC[N+]1([O-])C[C@H]2CCC[C@H]2C[C@H]1C(=O)NC(C)(C)C. The van der Waals surface area contributed by atoms with Gasteiger partial charge in [-0.05, 0) is 79.1 Å². The average molecular weight is 521 g/mol. The number of carbonyl (C=O) groups excluding carboxylic acids is 2. The van der Waals surface area contributed by atoms with E-state index in [0.29, 0.717) is 56.0 Å². The number of rotatable bonds is 6. The lowest BCUT2D eigenvalue weighted by molar-refractivity contribution is -0.924. The van der Waals surface area contributed by atoms with Crippen LogP contribution in [0, 0.1) is 34.1 Å². The highest BCUT2D eigenvalue weighted by molar-refractivity contribution is 5.82. The van der Waals surface area contributed by atoms with Gasteiger partial charge in [-0.1, -0.05) is 12.8 Å². The summed E-state index contributed by atoms with van der Waals surface area (Å²) in [5.74, 6) is 1.39. The Balaban J connectivity index is 1.48. The average Bonchev–Trinajstić information content (AvgIpc) is 3.37. The van der Waals surface area contributed by atoms with E-state index in [1.807, 2.05) is 41.5 Å². The van der Waals surface area contributed by atoms with Gasteiger partial charge in [-0.3, -0.25) is 9.59 Å². The fraction of sp³-hybridized carbons (Fsp3) is 0.931. The van der Waals surface area contributed by atoms with Crippen molar-refractivity contribution >= 4 is 11.8 Å². The van der Waals surface area contributed by atoms with E-state index < -0.39 is 32.5 Å². The number of quaternary nitrogens is 2. The number of carbonyl (C=O) groups is 2. The Hall–Kier alpha value is -1.22. The van der Waals surface area contributed by atoms with Gasteiger partial charge in [-0.15, -0.1) is 0 Å². The maximum atomic E-state index is 14.3. The van der Waals surface area contributed by atoms with Crippen molar-refractivity contribution in [1.82, 2.24) is 10.6 Å². The van der Waals surface area contributed by atoms with Crippen LogP contribution in [0.15, 0.2) is 0 Å². The summed E-state index contributed by atoms with van der Waals surface area (Å²) in [4.78, 5) is 26.6. The fourth-order valence-electron chi connectivity index (χ4n) is 7.98. The Morgan fingerprint density at radius 1 is 0.676 bits per heavy atom. The molecule has 0 aromatic rings. The lowest BCUT2D eigenvalue weighted by Crippen LogP contribution is -2.66. The van der Waals surface area contributed by atoms with Gasteiger partial charge in [0.05, 0.1) is 26.2 Å². The van der Waals surface area contributed by atoms with Crippen molar-refractivity contribution in [2.45, 2.75) is 122 Å². The summed E-state index contributed by atoms with van der Waals surface area (Å²) in [7, 11) is 0. The predicted molar refractivity (Wildman–Crippen MR) is 146 cm³/mol. The third-order valence-electron chi connectivity index (χ3n) is 9.58. The molecule has 8 atom stereocenters. The molecule has 37 heavy (non-hydrogen) atoms. The van der Waals surface area contributed by atoms with Crippen LogP contribution in [0.2, 0.25) is 0 Å². The van der Waals surface area contributed by atoms with Crippen LogP contribution in [0.3, 0.4) is 0 Å². The predicted octanol–water partition coefficient (Wildman–Crippen LogP) is 4.21. The van der Waals surface area contributed by atoms with Crippen molar-refractivity contribution < 1.29 is 18.9 Å². The Labute approximate surface area is 224 Å². The minimum atomic E-state index is -0.612. The highest BCUT2D eigenvalue weighted by Gasteiger charge is 2.50. The first-order valence-electron chi connectivity index (χ1n) is 14.9. The smallest absolute Gasteiger partial charge is 0.279 e. The number of hydroxylamine groups is 6. The van der Waals surface area contributed by atoms with E-state index in [2.05, 4.69) is 10.6 Å². The van der Waals surface area contributed by atoms with Gasteiger partial charge in [0.25, 0.3) is 11.8 Å². The fourth-order valence-corrected chi connectivity index (χ4v) is 7.98. The maximum absolute atomic E-state index is 14.3. The van der Waals surface area contributed by atoms with E-state index >= 15 is 0 Å². The molecule has 2 aliphatic heterocycles. The van der Waals surface area contributed by atoms with Crippen molar-refractivity contribution in [1.29, 1.82) is 0 Å². The van der Waals surface area contributed by atoms with Gasteiger partial charge in [0, 0.05) is 42.2 Å². The Morgan fingerprint density at radius 3 is 1.38 bits per heavy atom. The largest absolute Gasteiger partial charge is 0.632 e. The van der Waals surface area contributed by atoms with Gasteiger partial charge in [0.2, 0.25) is 0 Å². The minimum Gasteiger partial charge on any atom is -0.632 e. The lowest BCUT2D eigenvalue weighted by atomic mass is 9.82. The molecule has 8 nitrogen and oxygen atoms in total. The summed E-state index contributed by atoms with van der Waals surface area (Å²) >= 11 is 0. The summed E-state index contributed by atoms with van der Waals surface area (Å²) < 4.78 is -1.04. The van der Waals surface area contributed by atoms with Gasteiger partial charge in [-0.2, -0.15) is 0 Å². The first kappa shape index (κ1) is 28.8. The number of fused-ring (bicyclic) bond motifs is 2. The molecule has 8 heteroatoms. The van der Waals surface area contributed by atoms with E-state index in [0.717, 1.165) is 38.5 Å². The molecule has 2 amide bonds. The number of hydrogen-bond acceptors (Lipinski definition) is 4. The van der Waals surface area contributed by atoms with Crippen LogP contribution in [-0.4, -0.2) is 70.4 Å². The monoisotopic (exact) mass is 520 g/mol. The number of likely N-dealkylation sites (tertiary alicyclic amines) is 2. The Morgan fingerprint density at radius 2 is 1.03 bits per heavy atom. The van der Waals surface area contributed by atoms with Crippen molar-refractivity contribution in [2.75, 3.05) is 26.2 Å². The second kappa shape index (κ2) is 10.4. The van der Waals surface area contributed by atoms with E-state index in [4.69, 9.17) is 0 Å². The van der Waals surface area contributed by atoms with E-state index in [1.54, 1.807) is 0 Å². The van der Waals surface area contributed by atoms with E-state index in [-0.39, 0.29) is 24.9 Å². The zero-order valence-electron chi connectivity index (χ0n) is 24.2. The molecule has 4 fully saturated rings. The second-order valence-electron chi connectivity index (χ2n) is 15.0. The summed E-state index contributed by atoms with van der Waals surface area (Å²) in [5.41, 5.74) is -0.782. The zero-order chi connectivity index (χ0) is 27.2. The van der Waals surface area contributed by atoms with Crippen LogP contribution in [0.25, 0.3) is 0 Å². The molecule has 2 unspecified atom stereocenters. The lowest BCUT2D eigenvalue weighted by Gasteiger charge is -2.56. The molecule has 0 bridgehead atoms. The topological polar surface area (TPSA) is 104 Å². The van der Waals surface area contributed by atoms with Gasteiger partial charge in [0.15, 0.2) is 12.1 Å². The molecule has 212 valence electrons. The molecule has 2 aliphatic carbocycles. The van der Waals surface area contributed by atoms with Crippen LogP contribution >= 0.6 is 0 Å². The van der Waals surface area contributed by atoms with Crippen molar-refractivity contribution in [3.63, 3.8) is 0 Å². The summed E-state index contributed by atoms with van der Waals surface area (Å²) in [6.45, 7) is 13.2.